The Morgan fingerprint density at radius 1 is 0.395 bits per heavy atom. The third kappa shape index (κ3) is 6.04. The standard InChI is InChI=1S/C36H32N2/c1-25-5-13-29(14-6-25)35(30-15-7-26(2)8-16-30)21-33-23-38-34(24-37-33)22-36(31-17-9-27(3)10-18-31)32-19-11-28(4)12-20-32/h5-24H,1-4H3. The van der Waals surface area contributed by atoms with Gasteiger partial charge in [-0.05, 0) is 73.2 Å². The van der Waals surface area contributed by atoms with Gasteiger partial charge in [-0.15, -0.1) is 0 Å². The van der Waals surface area contributed by atoms with Crippen LogP contribution < -0.4 is 0 Å². The van der Waals surface area contributed by atoms with Crippen molar-refractivity contribution in [3.05, 3.63) is 165 Å². The summed E-state index contributed by atoms with van der Waals surface area (Å²) < 4.78 is 0. The Bertz CT molecular complexity index is 1350. The zero-order valence-corrected chi connectivity index (χ0v) is 22.4. The van der Waals surface area contributed by atoms with Crippen LogP contribution in [0.15, 0.2) is 109 Å². The first-order chi connectivity index (χ1) is 18.4. The van der Waals surface area contributed by atoms with E-state index in [0.29, 0.717) is 0 Å². The highest BCUT2D eigenvalue weighted by molar-refractivity contribution is 5.92. The normalized spacial score (nSPS) is 10.6. The molecule has 0 saturated carbocycles. The summed E-state index contributed by atoms with van der Waals surface area (Å²) in [5, 5.41) is 0. The predicted octanol–water partition coefficient (Wildman–Crippen LogP) is 8.89. The minimum Gasteiger partial charge on any atom is -0.253 e. The number of aryl methyl sites for hydroxylation is 4. The van der Waals surface area contributed by atoms with E-state index in [4.69, 9.17) is 9.97 Å². The van der Waals surface area contributed by atoms with Gasteiger partial charge in [-0.25, -0.2) is 0 Å². The molecular formula is C36H32N2. The summed E-state index contributed by atoms with van der Waals surface area (Å²) in [6.45, 7) is 8.44. The number of benzene rings is 4. The van der Waals surface area contributed by atoms with E-state index >= 15 is 0 Å². The molecule has 0 amide bonds. The van der Waals surface area contributed by atoms with Crippen molar-refractivity contribution in [1.82, 2.24) is 9.97 Å². The Morgan fingerprint density at radius 3 is 0.842 bits per heavy atom. The average Bonchev–Trinajstić information content (AvgIpc) is 2.93. The fourth-order valence-corrected chi connectivity index (χ4v) is 4.39. The molecule has 38 heavy (non-hydrogen) atoms. The second-order valence-electron chi connectivity index (χ2n) is 9.95. The third-order valence-electron chi connectivity index (χ3n) is 6.73. The molecule has 0 saturated heterocycles. The van der Waals surface area contributed by atoms with Crippen molar-refractivity contribution >= 4 is 23.3 Å². The van der Waals surface area contributed by atoms with Crippen LogP contribution in [0.2, 0.25) is 0 Å². The number of hydrogen-bond acceptors (Lipinski definition) is 2. The third-order valence-corrected chi connectivity index (χ3v) is 6.73. The second-order valence-corrected chi connectivity index (χ2v) is 9.95. The lowest BCUT2D eigenvalue weighted by atomic mass is 9.95. The van der Waals surface area contributed by atoms with Crippen LogP contribution in [0.1, 0.15) is 55.9 Å². The van der Waals surface area contributed by atoms with Crippen molar-refractivity contribution in [3.63, 3.8) is 0 Å². The summed E-state index contributed by atoms with van der Waals surface area (Å²) in [7, 11) is 0. The zero-order valence-electron chi connectivity index (χ0n) is 22.4. The number of hydrogen-bond donors (Lipinski definition) is 0. The van der Waals surface area contributed by atoms with E-state index in [-0.39, 0.29) is 0 Å². The number of nitrogens with zero attached hydrogens (tertiary/aromatic N) is 2. The first-order valence-corrected chi connectivity index (χ1v) is 13.0. The molecule has 186 valence electrons. The average molecular weight is 493 g/mol. The molecule has 0 fully saturated rings. The van der Waals surface area contributed by atoms with Crippen LogP contribution in [0.4, 0.5) is 0 Å². The van der Waals surface area contributed by atoms with Crippen LogP contribution in [-0.2, 0) is 0 Å². The molecule has 4 aromatic carbocycles. The molecule has 0 atom stereocenters. The summed E-state index contributed by atoms with van der Waals surface area (Å²) in [4.78, 5) is 9.58. The van der Waals surface area contributed by atoms with Gasteiger partial charge in [0, 0.05) is 0 Å². The number of rotatable bonds is 6. The molecule has 5 aromatic rings. The fourth-order valence-electron chi connectivity index (χ4n) is 4.39. The van der Waals surface area contributed by atoms with Gasteiger partial charge in [-0.1, -0.05) is 119 Å². The lowest BCUT2D eigenvalue weighted by Gasteiger charge is -2.11. The summed E-state index contributed by atoms with van der Waals surface area (Å²) in [6, 6.07) is 34.5. The van der Waals surface area contributed by atoms with Gasteiger partial charge in [-0.2, -0.15) is 0 Å². The highest BCUT2D eigenvalue weighted by atomic mass is 14.8. The Labute approximate surface area is 226 Å². The van der Waals surface area contributed by atoms with Gasteiger partial charge in [0.1, 0.15) is 0 Å². The van der Waals surface area contributed by atoms with E-state index in [1.807, 2.05) is 12.4 Å². The topological polar surface area (TPSA) is 25.8 Å². The molecule has 1 aromatic heterocycles. The molecule has 0 unspecified atom stereocenters. The molecule has 0 aliphatic carbocycles. The first-order valence-electron chi connectivity index (χ1n) is 13.0. The second kappa shape index (κ2) is 11.2. The largest absolute Gasteiger partial charge is 0.253 e. The van der Waals surface area contributed by atoms with Crippen molar-refractivity contribution in [2.24, 2.45) is 0 Å². The van der Waals surface area contributed by atoms with Crippen LogP contribution in [0, 0.1) is 27.7 Å². The summed E-state index contributed by atoms with van der Waals surface area (Å²) in [6.07, 6.45) is 7.96. The minimum atomic E-state index is 0.825. The van der Waals surface area contributed by atoms with Crippen LogP contribution in [0.5, 0.6) is 0 Å². The lowest BCUT2D eigenvalue weighted by Crippen LogP contribution is -1.94. The zero-order chi connectivity index (χ0) is 26.5. The van der Waals surface area contributed by atoms with Gasteiger partial charge in [0.05, 0.1) is 23.8 Å². The highest BCUT2D eigenvalue weighted by Gasteiger charge is 2.09. The van der Waals surface area contributed by atoms with Crippen LogP contribution in [-0.4, -0.2) is 9.97 Å². The summed E-state index contributed by atoms with van der Waals surface area (Å²) >= 11 is 0. The van der Waals surface area contributed by atoms with Crippen molar-refractivity contribution in [2.75, 3.05) is 0 Å². The fraction of sp³-hybridized carbons (Fsp3) is 0.111. The monoisotopic (exact) mass is 492 g/mol. The molecule has 2 heteroatoms. The molecule has 2 nitrogen and oxygen atoms in total. The number of aromatic nitrogens is 2. The summed E-state index contributed by atoms with van der Waals surface area (Å²) in [5.74, 6) is 0. The first kappa shape index (κ1) is 25.1. The van der Waals surface area contributed by atoms with Crippen LogP contribution >= 0.6 is 0 Å². The molecule has 1 heterocycles. The van der Waals surface area contributed by atoms with Crippen molar-refractivity contribution in [3.8, 4) is 0 Å². The molecule has 0 radical (unpaired) electrons. The maximum absolute atomic E-state index is 4.79. The van der Waals surface area contributed by atoms with Gasteiger partial charge < -0.3 is 0 Å². The molecule has 0 aliphatic rings. The van der Waals surface area contributed by atoms with E-state index in [0.717, 1.165) is 44.8 Å². The van der Waals surface area contributed by atoms with Crippen molar-refractivity contribution in [1.29, 1.82) is 0 Å². The van der Waals surface area contributed by atoms with E-state index in [1.54, 1.807) is 0 Å². The maximum Gasteiger partial charge on any atom is 0.0819 e. The van der Waals surface area contributed by atoms with Crippen molar-refractivity contribution < 1.29 is 0 Å². The van der Waals surface area contributed by atoms with E-state index in [2.05, 4.69) is 137 Å². The maximum atomic E-state index is 4.79. The molecule has 5 rings (SSSR count). The molecule has 0 bridgehead atoms. The van der Waals surface area contributed by atoms with Gasteiger partial charge in [0.2, 0.25) is 0 Å². The van der Waals surface area contributed by atoms with E-state index in [1.165, 1.54) is 22.3 Å². The quantitative estimate of drug-likeness (QED) is 0.236. The Morgan fingerprint density at radius 2 is 0.632 bits per heavy atom. The van der Waals surface area contributed by atoms with Gasteiger partial charge in [0.25, 0.3) is 0 Å². The summed E-state index contributed by atoms with van der Waals surface area (Å²) in [5.41, 5.74) is 13.5. The molecule has 0 N–H and O–H groups in total. The Kier molecular flexibility index (Phi) is 7.42. The minimum absolute atomic E-state index is 0.825. The predicted molar refractivity (Wildman–Crippen MR) is 161 cm³/mol. The van der Waals surface area contributed by atoms with Crippen molar-refractivity contribution in [2.45, 2.75) is 27.7 Å². The van der Waals surface area contributed by atoms with Gasteiger partial charge >= 0.3 is 0 Å². The molecular weight excluding hydrogens is 460 g/mol. The Balaban J connectivity index is 1.53. The smallest absolute Gasteiger partial charge is 0.0819 e. The van der Waals surface area contributed by atoms with Crippen LogP contribution in [0.3, 0.4) is 0 Å². The lowest BCUT2D eigenvalue weighted by molar-refractivity contribution is 1.16. The van der Waals surface area contributed by atoms with E-state index in [9.17, 15) is 0 Å². The highest BCUT2D eigenvalue weighted by Crippen LogP contribution is 2.28. The SMILES string of the molecule is Cc1ccc(C(=Cc2cnc(C=C(c3ccc(C)cc3)c3ccc(C)cc3)cn2)c2ccc(C)cc2)cc1. The Hall–Kier alpha value is -4.56. The molecule has 0 aliphatic heterocycles. The van der Waals surface area contributed by atoms with E-state index < -0.39 is 0 Å². The van der Waals surface area contributed by atoms with Gasteiger partial charge in [0.15, 0.2) is 0 Å². The molecule has 0 spiro atoms. The van der Waals surface area contributed by atoms with Crippen LogP contribution in [0.25, 0.3) is 23.3 Å². The van der Waals surface area contributed by atoms with Gasteiger partial charge in [-0.3, -0.25) is 9.97 Å².